The van der Waals surface area contributed by atoms with Gasteiger partial charge >= 0.3 is 0 Å². The minimum absolute atomic E-state index is 0.234. The second-order valence-electron chi connectivity index (χ2n) is 9.21. The van der Waals surface area contributed by atoms with Gasteiger partial charge in [0, 0.05) is 11.6 Å². The molecule has 0 spiro atoms. The Labute approximate surface area is 181 Å². The Kier molecular flexibility index (Phi) is 4.41. The van der Waals surface area contributed by atoms with Crippen LogP contribution in [0.2, 0.25) is 0 Å². The third kappa shape index (κ3) is 3.16. The number of para-hydroxylation sites is 1. The third-order valence-corrected chi connectivity index (χ3v) is 7.35. The van der Waals surface area contributed by atoms with Crippen molar-refractivity contribution in [1.29, 1.82) is 0 Å². The zero-order chi connectivity index (χ0) is 20.9. The van der Waals surface area contributed by atoms with Crippen LogP contribution >= 0.6 is 0 Å². The molecule has 2 saturated carbocycles. The van der Waals surface area contributed by atoms with Crippen LogP contribution in [0.3, 0.4) is 0 Å². The van der Waals surface area contributed by atoms with Crippen molar-refractivity contribution in [3.63, 3.8) is 0 Å². The van der Waals surface area contributed by atoms with Gasteiger partial charge in [-0.15, -0.1) is 0 Å². The van der Waals surface area contributed by atoms with Crippen molar-refractivity contribution in [2.75, 3.05) is 0 Å². The number of hydrogen-bond donors (Lipinski definition) is 0. The Balaban J connectivity index is 1.28. The van der Waals surface area contributed by atoms with Crippen molar-refractivity contribution in [3.8, 4) is 0 Å². The highest BCUT2D eigenvalue weighted by Crippen LogP contribution is 2.47. The SMILES string of the molecule is C=C(c1c(C2CC2)ccc2cncn12)C1CCC(c2ccnc3c(F)cccc23)CC1. The number of halogens is 1. The standard InChI is InChI=1S/C27H26FN3/c1-17(27-23(20-9-10-20)12-11-21-15-29-16-31(21)27)18-5-7-19(8-6-18)22-13-14-30-26-24(22)3-2-4-25(26)28/h2-4,11-16,18-20H,1,5-10H2. The van der Waals surface area contributed by atoms with E-state index in [0.717, 1.165) is 36.6 Å². The van der Waals surface area contributed by atoms with Gasteiger partial charge in [0.25, 0.3) is 0 Å². The van der Waals surface area contributed by atoms with Gasteiger partial charge in [0.2, 0.25) is 0 Å². The lowest BCUT2D eigenvalue weighted by atomic mass is 9.74. The molecule has 0 amide bonds. The molecule has 4 aromatic rings. The lowest BCUT2D eigenvalue weighted by molar-refractivity contribution is 0.385. The largest absolute Gasteiger partial charge is 0.299 e. The molecule has 0 atom stereocenters. The summed E-state index contributed by atoms with van der Waals surface area (Å²) in [6, 6.07) is 11.8. The highest BCUT2D eigenvalue weighted by Gasteiger charge is 2.32. The van der Waals surface area contributed by atoms with Gasteiger partial charge in [-0.2, -0.15) is 0 Å². The molecule has 3 heterocycles. The van der Waals surface area contributed by atoms with E-state index in [2.05, 4.69) is 39.1 Å². The minimum atomic E-state index is -0.234. The molecule has 3 nitrogen and oxygen atoms in total. The van der Waals surface area contributed by atoms with Crippen LogP contribution in [-0.4, -0.2) is 14.4 Å². The summed E-state index contributed by atoms with van der Waals surface area (Å²) in [6.07, 6.45) is 12.6. The van der Waals surface area contributed by atoms with Crippen molar-refractivity contribution >= 4 is 22.0 Å². The number of imidazole rings is 1. The molecule has 2 aliphatic rings. The highest BCUT2D eigenvalue weighted by atomic mass is 19.1. The van der Waals surface area contributed by atoms with Crippen LogP contribution in [0.1, 0.15) is 67.2 Å². The average Bonchev–Trinajstić information content (AvgIpc) is 3.54. The zero-order valence-corrected chi connectivity index (χ0v) is 17.6. The fraction of sp³-hybridized carbons (Fsp3) is 0.333. The van der Waals surface area contributed by atoms with Crippen molar-refractivity contribution < 1.29 is 4.39 Å². The Morgan fingerprint density at radius 2 is 1.71 bits per heavy atom. The molecule has 0 unspecified atom stereocenters. The molecule has 0 N–H and O–H groups in total. The second kappa shape index (κ2) is 7.30. The van der Waals surface area contributed by atoms with Gasteiger partial charge in [-0.25, -0.2) is 9.37 Å². The first-order chi connectivity index (χ1) is 15.2. The number of nitrogens with zero attached hydrogens (tertiary/aromatic N) is 3. The summed E-state index contributed by atoms with van der Waals surface area (Å²) in [5.74, 6) is 1.37. The fourth-order valence-electron chi connectivity index (χ4n) is 5.54. The maximum Gasteiger partial charge on any atom is 0.149 e. The van der Waals surface area contributed by atoms with Crippen molar-refractivity contribution in [2.24, 2.45) is 5.92 Å². The average molecular weight is 412 g/mol. The van der Waals surface area contributed by atoms with E-state index in [4.69, 9.17) is 0 Å². The first-order valence-electron chi connectivity index (χ1n) is 11.4. The topological polar surface area (TPSA) is 30.2 Å². The van der Waals surface area contributed by atoms with E-state index < -0.39 is 0 Å². The van der Waals surface area contributed by atoms with Gasteiger partial charge in [-0.05, 0) is 91.2 Å². The number of fused-ring (bicyclic) bond motifs is 2. The Hall–Kier alpha value is -3.01. The van der Waals surface area contributed by atoms with Crippen LogP contribution in [0.5, 0.6) is 0 Å². The summed E-state index contributed by atoms with van der Waals surface area (Å²) in [6.45, 7) is 4.60. The summed E-state index contributed by atoms with van der Waals surface area (Å²) in [7, 11) is 0. The van der Waals surface area contributed by atoms with E-state index >= 15 is 0 Å². The fourth-order valence-corrected chi connectivity index (χ4v) is 5.54. The van der Waals surface area contributed by atoms with Gasteiger partial charge in [0.15, 0.2) is 0 Å². The van der Waals surface area contributed by atoms with Crippen LogP contribution in [0.4, 0.5) is 4.39 Å². The summed E-state index contributed by atoms with van der Waals surface area (Å²) < 4.78 is 16.5. The van der Waals surface area contributed by atoms with E-state index in [1.54, 1.807) is 12.3 Å². The first kappa shape index (κ1) is 18.7. The van der Waals surface area contributed by atoms with Crippen LogP contribution in [0.15, 0.2) is 61.7 Å². The molecule has 1 aromatic carbocycles. The summed E-state index contributed by atoms with van der Waals surface area (Å²) in [4.78, 5) is 8.66. The van der Waals surface area contributed by atoms with Crippen LogP contribution in [0.25, 0.3) is 22.0 Å². The minimum Gasteiger partial charge on any atom is -0.299 e. The van der Waals surface area contributed by atoms with Crippen LogP contribution in [0, 0.1) is 11.7 Å². The van der Waals surface area contributed by atoms with Gasteiger partial charge in [-0.1, -0.05) is 24.8 Å². The number of allylic oxidation sites excluding steroid dienone is 1. The predicted octanol–water partition coefficient (Wildman–Crippen LogP) is 6.89. The maximum absolute atomic E-state index is 14.2. The second-order valence-corrected chi connectivity index (χ2v) is 9.21. The number of hydrogen-bond acceptors (Lipinski definition) is 2. The van der Waals surface area contributed by atoms with Crippen molar-refractivity contribution in [1.82, 2.24) is 14.4 Å². The highest BCUT2D eigenvalue weighted by molar-refractivity contribution is 5.83. The molecule has 0 bridgehead atoms. The normalized spacial score (nSPS) is 21.6. The Bertz CT molecular complexity index is 1290. The number of benzene rings is 1. The maximum atomic E-state index is 14.2. The van der Waals surface area contributed by atoms with E-state index in [1.165, 1.54) is 41.3 Å². The van der Waals surface area contributed by atoms with Crippen molar-refractivity contribution in [3.05, 3.63) is 84.3 Å². The van der Waals surface area contributed by atoms with Crippen LogP contribution in [-0.2, 0) is 0 Å². The van der Waals surface area contributed by atoms with E-state index in [0.29, 0.717) is 23.3 Å². The molecule has 0 radical (unpaired) electrons. The third-order valence-electron chi connectivity index (χ3n) is 7.35. The summed E-state index contributed by atoms with van der Waals surface area (Å²) in [5.41, 5.74) is 6.86. The molecule has 2 aliphatic carbocycles. The summed E-state index contributed by atoms with van der Waals surface area (Å²) in [5, 5.41) is 0.962. The molecule has 6 rings (SSSR count). The lowest BCUT2D eigenvalue weighted by Crippen LogP contribution is -2.16. The summed E-state index contributed by atoms with van der Waals surface area (Å²) >= 11 is 0. The number of pyridine rings is 2. The van der Waals surface area contributed by atoms with E-state index in [-0.39, 0.29) is 5.82 Å². The van der Waals surface area contributed by atoms with Crippen LogP contribution < -0.4 is 0 Å². The molecule has 0 saturated heterocycles. The molecular formula is C27H26FN3. The zero-order valence-electron chi connectivity index (χ0n) is 17.6. The molecule has 0 aliphatic heterocycles. The smallest absolute Gasteiger partial charge is 0.149 e. The van der Waals surface area contributed by atoms with Gasteiger partial charge in [-0.3, -0.25) is 9.38 Å². The molecule has 156 valence electrons. The molecule has 3 aromatic heterocycles. The molecule has 31 heavy (non-hydrogen) atoms. The Morgan fingerprint density at radius 1 is 0.935 bits per heavy atom. The Morgan fingerprint density at radius 3 is 2.52 bits per heavy atom. The molecule has 4 heteroatoms. The predicted molar refractivity (Wildman–Crippen MR) is 123 cm³/mol. The van der Waals surface area contributed by atoms with Gasteiger partial charge in [0.1, 0.15) is 11.3 Å². The number of rotatable bonds is 4. The van der Waals surface area contributed by atoms with Gasteiger partial charge in [0.05, 0.1) is 23.7 Å². The lowest BCUT2D eigenvalue weighted by Gasteiger charge is -2.31. The number of aromatic nitrogens is 3. The van der Waals surface area contributed by atoms with E-state index in [1.807, 2.05) is 18.6 Å². The van der Waals surface area contributed by atoms with E-state index in [9.17, 15) is 4.39 Å². The van der Waals surface area contributed by atoms with Crippen molar-refractivity contribution in [2.45, 2.75) is 50.4 Å². The van der Waals surface area contributed by atoms with Gasteiger partial charge < -0.3 is 0 Å². The molecule has 2 fully saturated rings. The molecular weight excluding hydrogens is 385 g/mol. The monoisotopic (exact) mass is 411 g/mol. The quantitative estimate of drug-likeness (QED) is 0.366. The first-order valence-corrected chi connectivity index (χ1v) is 11.4.